The second-order valence-corrected chi connectivity index (χ2v) is 7.90. The van der Waals surface area contributed by atoms with Crippen molar-refractivity contribution in [1.29, 1.82) is 0 Å². The maximum atomic E-state index is 11.9. The molecule has 0 saturated heterocycles. The highest BCUT2D eigenvalue weighted by atomic mass is 16.1. The van der Waals surface area contributed by atoms with Gasteiger partial charge in [-0.25, -0.2) is 9.97 Å². The van der Waals surface area contributed by atoms with E-state index in [4.69, 9.17) is 9.97 Å². The Morgan fingerprint density at radius 1 is 1.00 bits per heavy atom. The lowest BCUT2D eigenvalue weighted by molar-refractivity contribution is 0.766. The molecule has 0 aliphatic heterocycles. The van der Waals surface area contributed by atoms with Gasteiger partial charge in [-0.3, -0.25) is 20.1 Å². The lowest BCUT2D eigenvalue weighted by Crippen LogP contribution is -2.15. The number of nitrogens with zero attached hydrogens (tertiary/aromatic N) is 3. The van der Waals surface area contributed by atoms with Gasteiger partial charge in [0.1, 0.15) is 11.6 Å². The lowest BCUT2D eigenvalue weighted by atomic mass is 9.94. The van der Waals surface area contributed by atoms with Crippen molar-refractivity contribution < 1.29 is 0 Å². The zero-order valence-corrected chi connectivity index (χ0v) is 16.3. The number of rotatable bonds is 4. The molecule has 0 radical (unpaired) electrons. The molecule has 30 heavy (non-hydrogen) atoms. The van der Waals surface area contributed by atoms with Crippen LogP contribution in [0.3, 0.4) is 0 Å². The zero-order valence-electron chi connectivity index (χ0n) is 16.3. The van der Waals surface area contributed by atoms with E-state index in [-0.39, 0.29) is 11.0 Å². The number of nitrogens with one attached hydrogen (secondary N) is 4. The molecular formula is C22H19N7O. The minimum absolute atomic E-state index is 0.107. The smallest absolute Gasteiger partial charge is 0.271 e. The average molecular weight is 397 g/mol. The van der Waals surface area contributed by atoms with Gasteiger partial charge < -0.3 is 5.32 Å². The van der Waals surface area contributed by atoms with Crippen LogP contribution in [-0.2, 0) is 5.41 Å². The van der Waals surface area contributed by atoms with Crippen molar-refractivity contribution in [3.05, 3.63) is 76.0 Å². The molecule has 0 amide bonds. The molecule has 3 heterocycles. The Morgan fingerprint density at radius 2 is 1.87 bits per heavy atom. The maximum absolute atomic E-state index is 11.9. The summed E-state index contributed by atoms with van der Waals surface area (Å²) in [4.78, 5) is 21.7. The fourth-order valence-corrected chi connectivity index (χ4v) is 4.09. The summed E-state index contributed by atoms with van der Waals surface area (Å²) in [7, 11) is 0. The maximum Gasteiger partial charge on any atom is 0.271 e. The monoisotopic (exact) mass is 397 g/mol. The van der Waals surface area contributed by atoms with Crippen molar-refractivity contribution in [2.75, 3.05) is 5.32 Å². The molecule has 148 valence electrons. The quantitative estimate of drug-likeness (QED) is 0.369. The first-order chi connectivity index (χ1) is 14.6. The first-order valence-corrected chi connectivity index (χ1v) is 9.90. The van der Waals surface area contributed by atoms with E-state index in [0.29, 0.717) is 5.39 Å². The topological polar surface area (TPSA) is 115 Å². The van der Waals surface area contributed by atoms with Gasteiger partial charge in [-0.1, -0.05) is 18.2 Å². The van der Waals surface area contributed by atoms with Crippen LogP contribution in [-0.4, -0.2) is 30.4 Å². The molecule has 6 rings (SSSR count). The van der Waals surface area contributed by atoms with Crippen LogP contribution in [0.1, 0.15) is 29.9 Å². The molecule has 8 heteroatoms. The molecule has 0 bridgehead atoms. The van der Waals surface area contributed by atoms with Crippen molar-refractivity contribution >= 4 is 33.4 Å². The van der Waals surface area contributed by atoms with Crippen LogP contribution >= 0.6 is 0 Å². The largest absolute Gasteiger partial charge is 0.323 e. The van der Waals surface area contributed by atoms with E-state index in [9.17, 15) is 4.79 Å². The number of benzene rings is 2. The Kier molecular flexibility index (Phi) is 3.41. The van der Waals surface area contributed by atoms with E-state index >= 15 is 0 Å². The molecule has 3 aromatic heterocycles. The van der Waals surface area contributed by atoms with Crippen LogP contribution in [0, 0.1) is 6.92 Å². The van der Waals surface area contributed by atoms with Crippen LogP contribution in [0.4, 0.5) is 11.6 Å². The van der Waals surface area contributed by atoms with E-state index in [2.05, 4.69) is 25.7 Å². The molecule has 0 atom stereocenters. The number of hydrogen-bond donors (Lipinski definition) is 4. The van der Waals surface area contributed by atoms with Crippen LogP contribution in [0.2, 0.25) is 0 Å². The summed E-state index contributed by atoms with van der Waals surface area (Å²) in [6, 6.07) is 15.8. The predicted octanol–water partition coefficient (Wildman–Crippen LogP) is 3.65. The van der Waals surface area contributed by atoms with Crippen LogP contribution in [0.15, 0.2) is 53.3 Å². The van der Waals surface area contributed by atoms with Gasteiger partial charge >= 0.3 is 0 Å². The Bertz CT molecular complexity index is 1470. The van der Waals surface area contributed by atoms with Crippen molar-refractivity contribution in [2.24, 2.45) is 0 Å². The third-order valence-electron chi connectivity index (χ3n) is 5.86. The van der Waals surface area contributed by atoms with Gasteiger partial charge in [0.2, 0.25) is 0 Å². The summed E-state index contributed by atoms with van der Waals surface area (Å²) in [5.74, 6) is 2.25. The lowest BCUT2D eigenvalue weighted by Gasteiger charge is -2.17. The number of aryl methyl sites for hydroxylation is 1. The molecule has 0 spiro atoms. The minimum atomic E-state index is -0.246. The van der Waals surface area contributed by atoms with Gasteiger partial charge in [0, 0.05) is 17.1 Å². The minimum Gasteiger partial charge on any atom is -0.323 e. The van der Waals surface area contributed by atoms with Crippen molar-refractivity contribution in [2.45, 2.75) is 25.2 Å². The fraction of sp³-hybridized carbons (Fsp3) is 0.182. The van der Waals surface area contributed by atoms with Crippen LogP contribution in [0.25, 0.3) is 21.8 Å². The number of aromatic nitrogens is 6. The molecule has 1 fully saturated rings. The molecule has 1 aliphatic carbocycles. The SMILES string of the molecule is Cc1cc(Nc2nc(C3(c4ccc5c(=O)[nH][nH]c5c4)CC3)nc3ccccc23)n[nH]1. The highest BCUT2D eigenvalue weighted by molar-refractivity contribution is 5.90. The highest BCUT2D eigenvalue weighted by Gasteiger charge is 2.49. The normalized spacial score (nSPS) is 15.0. The fourth-order valence-electron chi connectivity index (χ4n) is 4.09. The highest BCUT2D eigenvalue weighted by Crippen LogP contribution is 2.53. The van der Waals surface area contributed by atoms with Gasteiger partial charge in [-0.2, -0.15) is 5.10 Å². The van der Waals surface area contributed by atoms with Gasteiger partial charge in [0.05, 0.1) is 21.8 Å². The number of fused-ring (bicyclic) bond motifs is 2. The third kappa shape index (κ3) is 2.53. The summed E-state index contributed by atoms with van der Waals surface area (Å²) >= 11 is 0. The molecule has 5 aromatic rings. The van der Waals surface area contributed by atoms with Crippen LogP contribution in [0.5, 0.6) is 0 Å². The third-order valence-corrected chi connectivity index (χ3v) is 5.86. The summed E-state index contributed by atoms with van der Waals surface area (Å²) in [6.45, 7) is 1.96. The molecule has 2 aromatic carbocycles. The summed E-state index contributed by atoms with van der Waals surface area (Å²) in [5, 5.41) is 17.8. The van der Waals surface area contributed by atoms with Gasteiger partial charge in [0.25, 0.3) is 5.56 Å². The van der Waals surface area contributed by atoms with Crippen molar-refractivity contribution in [3.63, 3.8) is 0 Å². The number of anilines is 2. The summed E-state index contributed by atoms with van der Waals surface area (Å²) in [5.41, 5.74) is 3.42. The number of aromatic amines is 3. The first-order valence-electron chi connectivity index (χ1n) is 9.90. The Morgan fingerprint density at radius 3 is 2.67 bits per heavy atom. The van der Waals surface area contributed by atoms with E-state index < -0.39 is 0 Å². The molecule has 4 N–H and O–H groups in total. The van der Waals surface area contributed by atoms with E-state index in [1.807, 2.05) is 55.5 Å². The molecule has 8 nitrogen and oxygen atoms in total. The molecular weight excluding hydrogens is 378 g/mol. The second-order valence-electron chi connectivity index (χ2n) is 7.90. The van der Waals surface area contributed by atoms with E-state index in [1.165, 1.54) is 0 Å². The Labute approximate surface area is 170 Å². The summed E-state index contributed by atoms with van der Waals surface area (Å²) in [6.07, 6.45) is 1.93. The van der Waals surface area contributed by atoms with Crippen LogP contribution < -0.4 is 10.9 Å². The first kappa shape index (κ1) is 17.0. The average Bonchev–Trinajstić information content (AvgIpc) is 3.36. The predicted molar refractivity (Wildman–Crippen MR) is 115 cm³/mol. The number of para-hydroxylation sites is 1. The van der Waals surface area contributed by atoms with Gasteiger partial charge in [-0.15, -0.1) is 0 Å². The Hall–Kier alpha value is -3.94. The van der Waals surface area contributed by atoms with Crippen molar-refractivity contribution in [3.8, 4) is 0 Å². The number of H-pyrrole nitrogens is 3. The Balaban J connectivity index is 1.50. The standard InChI is InChI=1S/C22H19N7O/c1-12-10-18(28-26-12)24-19-14-4-2-3-5-16(14)23-21(25-19)22(8-9-22)13-6-7-15-17(11-13)27-29-20(15)30/h2-7,10-11H,8-9H2,1H3,(H2,27,29,30)(H2,23,24,25,26,28). The second kappa shape index (κ2) is 6.03. The molecule has 1 aliphatic rings. The molecule has 1 saturated carbocycles. The van der Waals surface area contributed by atoms with Gasteiger partial charge in [-0.05, 0) is 49.6 Å². The van der Waals surface area contributed by atoms with Gasteiger partial charge in [0.15, 0.2) is 5.82 Å². The van der Waals surface area contributed by atoms with E-state index in [1.54, 1.807) is 0 Å². The zero-order chi connectivity index (χ0) is 20.3. The van der Waals surface area contributed by atoms with Crippen molar-refractivity contribution in [1.82, 2.24) is 30.4 Å². The van der Waals surface area contributed by atoms with E-state index in [0.717, 1.165) is 58.0 Å². The molecule has 0 unspecified atom stereocenters. The number of hydrogen-bond acceptors (Lipinski definition) is 5. The summed E-state index contributed by atoms with van der Waals surface area (Å²) < 4.78 is 0.